The molecule has 0 bridgehead atoms. The Hall–Kier alpha value is -2.51. The van der Waals surface area contributed by atoms with Gasteiger partial charge in [-0.05, 0) is 60.2 Å². The van der Waals surface area contributed by atoms with Crippen molar-refractivity contribution in [2.75, 3.05) is 33.2 Å². The highest BCUT2D eigenvalue weighted by Crippen LogP contribution is 2.34. The van der Waals surface area contributed by atoms with Gasteiger partial charge in [0.2, 0.25) is 0 Å². The molecule has 4 heteroatoms. The van der Waals surface area contributed by atoms with E-state index in [4.69, 9.17) is 9.47 Å². The Morgan fingerprint density at radius 1 is 0.577 bits per heavy atom. The summed E-state index contributed by atoms with van der Waals surface area (Å²) in [6.45, 7) is 0. The van der Waals surface area contributed by atoms with Crippen molar-refractivity contribution >= 4 is 29.5 Å². The third kappa shape index (κ3) is 4.00. The van der Waals surface area contributed by atoms with E-state index in [0.717, 1.165) is 11.5 Å². The smallest absolute Gasteiger partial charge is 0.118 e. The monoisotopic (exact) mass is 365 g/mol. The van der Waals surface area contributed by atoms with Crippen LogP contribution in [-0.4, -0.2) is 28.3 Å². The fraction of sp³-hybridized carbons (Fsp3) is 0.182. The van der Waals surface area contributed by atoms with Crippen molar-refractivity contribution in [2.24, 2.45) is 0 Å². The van der Waals surface area contributed by atoms with Gasteiger partial charge in [0.05, 0.1) is 14.2 Å². The summed E-state index contributed by atoms with van der Waals surface area (Å²) in [6.07, 6.45) is 0. The van der Waals surface area contributed by atoms with E-state index in [9.17, 15) is 0 Å². The number of ether oxygens (including phenoxy) is 2. The zero-order valence-electron chi connectivity index (χ0n) is 15.6. The molecule has 0 fully saturated rings. The minimum Gasteiger partial charge on any atom is -0.497 e. The van der Waals surface area contributed by atoms with Gasteiger partial charge in [-0.2, -0.15) is 0 Å². The molecule has 0 saturated heterocycles. The topological polar surface area (TPSA) is 21.7 Å². The molecule has 0 aliphatic heterocycles. The molecule has 0 unspecified atom stereocenters. The van der Waals surface area contributed by atoms with Crippen LogP contribution >= 0.6 is 7.92 Å². The van der Waals surface area contributed by atoms with Crippen LogP contribution in [0.3, 0.4) is 0 Å². The third-order valence-corrected chi connectivity index (χ3v) is 6.73. The van der Waals surface area contributed by atoms with Gasteiger partial charge in [-0.25, -0.2) is 0 Å². The van der Waals surface area contributed by atoms with Crippen molar-refractivity contribution in [1.29, 1.82) is 0 Å². The van der Waals surface area contributed by atoms with Crippen molar-refractivity contribution < 1.29 is 9.47 Å². The first kappa shape index (κ1) is 18.3. The fourth-order valence-corrected chi connectivity index (χ4v) is 5.05. The Morgan fingerprint density at radius 2 is 0.923 bits per heavy atom. The maximum absolute atomic E-state index is 5.32. The fourth-order valence-electron chi connectivity index (χ4n) is 2.81. The van der Waals surface area contributed by atoms with Gasteiger partial charge in [0.1, 0.15) is 11.5 Å². The zero-order valence-corrected chi connectivity index (χ0v) is 16.5. The summed E-state index contributed by atoms with van der Waals surface area (Å²) in [5.41, 5.74) is 1.20. The Labute approximate surface area is 156 Å². The molecule has 0 spiro atoms. The second-order valence-electron chi connectivity index (χ2n) is 6.14. The number of methoxy groups -OCH3 is 2. The van der Waals surface area contributed by atoms with Crippen LogP contribution < -0.4 is 30.3 Å². The molecule has 0 radical (unpaired) electrons. The number of hydrogen-bond donors (Lipinski definition) is 0. The molecule has 0 atom stereocenters. The van der Waals surface area contributed by atoms with E-state index in [1.165, 1.54) is 21.6 Å². The molecule has 3 aromatic carbocycles. The molecule has 26 heavy (non-hydrogen) atoms. The van der Waals surface area contributed by atoms with Gasteiger partial charge in [-0.3, -0.25) is 0 Å². The van der Waals surface area contributed by atoms with Crippen LogP contribution in [0.15, 0.2) is 72.8 Å². The van der Waals surface area contributed by atoms with Gasteiger partial charge >= 0.3 is 0 Å². The first-order chi connectivity index (χ1) is 12.6. The second kappa shape index (κ2) is 8.25. The number of anilines is 1. The van der Waals surface area contributed by atoms with Gasteiger partial charge in [-0.15, -0.1) is 0 Å². The highest BCUT2D eigenvalue weighted by molar-refractivity contribution is 7.79. The Morgan fingerprint density at radius 3 is 1.23 bits per heavy atom. The van der Waals surface area contributed by atoms with Crippen LogP contribution in [0.1, 0.15) is 0 Å². The number of benzene rings is 3. The van der Waals surface area contributed by atoms with Crippen molar-refractivity contribution in [3.8, 4) is 11.5 Å². The lowest BCUT2D eigenvalue weighted by atomic mass is 10.3. The molecule has 0 N–H and O–H groups in total. The maximum atomic E-state index is 5.32. The lowest BCUT2D eigenvalue weighted by Crippen LogP contribution is -2.21. The second-order valence-corrected chi connectivity index (χ2v) is 8.36. The largest absolute Gasteiger partial charge is 0.497 e. The van der Waals surface area contributed by atoms with Crippen LogP contribution in [0, 0.1) is 0 Å². The SMILES string of the molecule is COc1ccc(P(c2ccc(OC)cc2)c2ccc(N(C)C)cc2)cc1. The first-order valence-corrected chi connectivity index (χ1v) is 9.82. The van der Waals surface area contributed by atoms with E-state index >= 15 is 0 Å². The highest BCUT2D eigenvalue weighted by Gasteiger charge is 2.17. The van der Waals surface area contributed by atoms with E-state index in [0.29, 0.717) is 0 Å². The van der Waals surface area contributed by atoms with Crippen molar-refractivity contribution in [2.45, 2.75) is 0 Å². The zero-order chi connectivity index (χ0) is 18.5. The van der Waals surface area contributed by atoms with Gasteiger partial charge in [-0.1, -0.05) is 36.4 Å². The summed E-state index contributed by atoms with van der Waals surface area (Å²) >= 11 is 0. The molecule has 134 valence electrons. The molecular formula is C22H24NO2P. The van der Waals surface area contributed by atoms with Crippen LogP contribution in [0.2, 0.25) is 0 Å². The predicted octanol–water partition coefficient (Wildman–Crippen LogP) is 3.53. The summed E-state index contributed by atoms with van der Waals surface area (Å²) in [7, 11) is 6.87. The predicted molar refractivity (Wildman–Crippen MR) is 113 cm³/mol. The lowest BCUT2D eigenvalue weighted by Gasteiger charge is -2.21. The summed E-state index contributed by atoms with van der Waals surface area (Å²) in [6, 6.07) is 25.6. The average Bonchev–Trinajstić information content (AvgIpc) is 2.69. The summed E-state index contributed by atoms with van der Waals surface area (Å²) < 4.78 is 10.6. The summed E-state index contributed by atoms with van der Waals surface area (Å²) in [5, 5.41) is 3.91. The highest BCUT2D eigenvalue weighted by atomic mass is 31.1. The minimum absolute atomic E-state index is 0.642. The Kier molecular flexibility index (Phi) is 5.80. The molecule has 3 nitrogen and oxygen atoms in total. The Bertz CT molecular complexity index is 780. The normalized spacial score (nSPS) is 10.7. The van der Waals surface area contributed by atoms with E-state index in [2.05, 4.69) is 67.5 Å². The van der Waals surface area contributed by atoms with Crippen LogP contribution in [0.4, 0.5) is 5.69 Å². The van der Waals surface area contributed by atoms with Crippen molar-refractivity contribution in [3.63, 3.8) is 0 Å². The maximum Gasteiger partial charge on any atom is 0.118 e. The summed E-state index contributed by atoms with van der Waals surface area (Å²) in [4.78, 5) is 2.12. The molecule has 0 amide bonds. The van der Waals surface area contributed by atoms with Gasteiger partial charge in [0, 0.05) is 19.8 Å². The minimum atomic E-state index is -0.642. The Balaban J connectivity index is 2.04. The van der Waals surface area contributed by atoms with E-state index < -0.39 is 7.92 Å². The molecule has 0 aliphatic rings. The number of rotatable bonds is 6. The van der Waals surface area contributed by atoms with E-state index in [1.54, 1.807) is 14.2 Å². The number of nitrogens with zero attached hydrogens (tertiary/aromatic N) is 1. The molecule has 0 aromatic heterocycles. The molecule has 0 heterocycles. The molecule has 0 saturated carbocycles. The van der Waals surface area contributed by atoms with Crippen LogP contribution in [0.5, 0.6) is 11.5 Å². The van der Waals surface area contributed by atoms with Crippen molar-refractivity contribution in [3.05, 3.63) is 72.8 Å². The molecule has 0 aliphatic carbocycles. The van der Waals surface area contributed by atoms with E-state index in [-0.39, 0.29) is 0 Å². The molecular weight excluding hydrogens is 341 g/mol. The standard InChI is InChI=1S/C22H24NO2P/c1-23(2)17-5-11-20(12-6-17)26(21-13-7-18(24-3)8-14-21)22-15-9-19(25-4)10-16-22/h5-16H,1-4H3. The van der Waals surface area contributed by atoms with Crippen LogP contribution in [0.25, 0.3) is 0 Å². The first-order valence-electron chi connectivity index (χ1n) is 8.48. The van der Waals surface area contributed by atoms with Gasteiger partial charge < -0.3 is 14.4 Å². The average molecular weight is 365 g/mol. The summed E-state index contributed by atoms with van der Waals surface area (Å²) in [5.74, 6) is 1.75. The molecule has 3 rings (SSSR count). The van der Waals surface area contributed by atoms with Crippen LogP contribution in [-0.2, 0) is 0 Å². The number of hydrogen-bond acceptors (Lipinski definition) is 3. The van der Waals surface area contributed by atoms with E-state index in [1.807, 2.05) is 24.3 Å². The third-order valence-electron chi connectivity index (χ3n) is 4.29. The lowest BCUT2D eigenvalue weighted by molar-refractivity contribution is 0.415. The van der Waals surface area contributed by atoms with Crippen molar-refractivity contribution in [1.82, 2.24) is 0 Å². The van der Waals surface area contributed by atoms with Gasteiger partial charge in [0.15, 0.2) is 0 Å². The quantitative estimate of drug-likeness (QED) is 0.624. The molecule has 3 aromatic rings. The van der Waals surface area contributed by atoms with Gasteiger partial charge in [0.25, 0.3) is 0 Å².